The quantitative estimate of drug-likeness (QED) is 0.401. The predicted octanol–water partition coefficient (Wildman–Crippen LogP) is 1.38. The Morgan fingerprint density at radius 2 is 2.06 bits per heavy atom. The van der Waals surface area contributed by atoms with Crippen LogP contribution in [0, 0.1) is 5.82 Å². The molecule has 0 bridgehead atoms. The highest BCUT2D eigenvalue weighted by Gasteiger charge is 2.39. The minimum Gasteiger partial charge on any atom is -0.385 e. The Kier molecular flexibility index (Phi) is 4.80. The Labute approximate surface area is 185 Å². The van der Waals surface area contributed by atoms with Crippen molar-refractivity contribution in [2.45, 2.75) is 18.6 Å². The van der Waals surface area contributed by atoms with E-state index in [0.29, 0.717) is 11.3 Å². The highest BCUT2D eigenvalue weighted by atomic mass is 19.1. The fraction of sp³-hybridized carbons (Fsp3) is 0.250. The number of hydrogen-bond donors (Lipinski definition) is 3. The third-order valence-corrected chi connectivity index (χ3v) is 5.20. The van der Waals surface area contributed by atoms with Gasteiger partial charge in [-0.15, -0.1) is 5.10 Å². The zero-order chi connectivity index (χ0) is 23.3. The molecule has 2 atom stereocenters. The normalized spacial score (nSPS) is 17.2. The first-order valence-electron chi connectivity index (χ1n) is 10.1. The lowest BCUT2D eigenvalue weighted by Crippen LogP contribution is -2.28. The Morgan fingerprint density at radius 3 is 2.73 bits per heavy atom. The molecule has 1 amide bonds. The van der Waals surface area contributed by atoms with E-state index in [-0.39, 0.29) is 29.4 Å². The van der Waals surface area contributed by atoms with Gasteiger partial charge in [0.15, 0.2) is 28.8 Å². The van der Waals surface area contributed by atoms with E-state index in [4.69, 9.17) is 0 Å². The average Bonchev–Trinajstić information content (AvgIpc) is 3.16. The zero-order valence-corrected chi connectivity index (χ0v) is 17.6. The third-order valence-electron chi connectivity index (χ3n) is 5.20. The van der Waals surface area contributed by atoms with Crippen LogP contribution in [0.2, 0.25) is 0 Å². The second kappa shape index (κ2) is 7.69. The molecule has 33 heavy (non-hydrogen) atoms. The average molecular weight is 455 g/mol. The molecule has 0 unspecified atom stereocenters. The second-order valence-corrected chi connectivity index (χ2v) is 7.60. The van der Waals surface area contributed by atoms with Gasteiger partial charge in [-0.3, -0.25) is 18.8 Å². The van der Waals surface area contributed by atoms with E-state index in [2.05, 4.69) is 31.1 Å². The van der Waals surface area contributed by atoms with Crippen molar-refractivity contribution >= 4 is 28.7 Å². The van der Waals surface area contributed by atoms with E-state index >= 15 is 0 Å². The predicted molar refractivity (Wildman–Crippen MR) is 115 cm³/mol. The highest BCUT2D eigenvalue weighted by Crippen LogP contribution is 2.26. The molecule has 1 saturated carbocycles. The van der Waals surface area contributed by atoms with Gasteiger partial charge < -0.3 is 16.0 Å². The van der Waals surface area contributed by atoms with Crippen LogP contribution in [-0.4, -0.2) is 54.1 Å². The molecule has 4 aromatic heterocycles. The Bertz CT molecular complexity index is 1440. The van der Waals surface area contributed by atoms with Gasteiger partial charge in [0, 0.05) is 32.8 Å². The van der Waals surface area contributed by atoms with Crippen molar-refractivity contribution in [3.8, 4) is 5.82 Å². The molecule has 5 rings (SSSR count). The van der Waals surface area contributed by atoms with Crippen molar-refractivity contribution in [3.63, 3.8) is 0 Å². The van der Waals surface area contributed by atoms with E-state index in [0.717, 1.165) is 10.8 Å². The van der Waals surface area contributed by atoms with Crippen LogP contribution >= 0.6 is 0 Å². The van der Waals surface area contributed by atoms with E-state index in [9.17, 15) is 18.4 Å². The molecule has 0 aromatic carbocycles. The number of alkyl halides is 1. The van der Waals surface area contributed by atoms with Crippen molar-refractivity contribution in [3.05, 3.63) is 58.7 Å². The van der Waals surface area contributed by atoms with Gasteiger partial charge in [0.2, 0.25) is 0 Å². The molecule has 170 valence electrons. The summed E-state index contributed by atoms with van der Waals surface area (Å²) in [6.07, 6.45) is 3.15. The summed E-state index contributed by atoms with van der Waals surface area (Å²) >= 11 is 0. The fourth-order valence-corrected chi connectivity index (χ4v) is 3.43. The number of aromatic nitrogens is 6. The van der Waals surface area contributed by atoms with Crippen LogP contribution < -0.4 is 21.5 Å². The van der Waals surface area contributed by atoms with Gasteiger partial charge in [0.25, 0.3) is 11.5 Å². The van der Waals surface area contributed by atoms with Crippen LogP contribution in [0.4, 0.5) is 26.0 Å². The van der Waals surface area contributed by atoms with Gasteiger partial charge in [0.05, 0.1) is 24.1 Å². The summed E-state index contributed by atoms with van der Waals surface area (Å²) in [4.78, 5) is 29.7. The highest BCUT2D eigenvalue weighted by molar-refractivity contribution is 5.94. The molecule has 13 heteroatoms. The number of nitrogens with one attached hydrogen (secondary N) is 3. The molecule has 1 fully saturated rings. The lowest BCUT2D eigenvalue weighted by molar-refractivity contribution is 0.0940. The van der Waals surface area contributed by atoms with Gasteiger partial charge in [-0.05, 0) is 12.1 Å². The zero-order valence-electron chi connectivity index (χ0n) is 17.6. The van der Waals surface area contributed by atoms with Crippen LogP contribution in [0.15, 0.2) is 41.6 Å². The van der Waals surface area contributed by atoms with Gasteiger partial charge in [-0.1, -0.05) is 0 Å². The van der Waals surface area contributed by atoms with Gasteiger partial charge in [0.1, 0.15) is 11.9 Å². The SMILES string of the molecule is CNc1cc(Nc2cccn(-c3nn(C)cc3F)c2=O)nn2c(C(=O)N[C@@H]3C[C@@H]3F)cnc12. The summed E-state index contributed by atoms with van der Waals surface area (Å²) in [6.45, 7) is 0. The van der Waals surface area contributed by atoms with E-state index in [1.54, 1.807) is 26.2 Å². The number of halogens is 2. The van der Waals surface area contributed by atoms with E-state index < -0.39 is 29.5 Å². The first-order valence-corrected chi connectivity index (χ1v) is 10.1. The molecule has 1 aliphatic rings. The molecular formula is C20H19F2N9O2. The van der Waals surface area contributed by atoms with Crippen molar-refractivity contribution in [1.82, 2.24) is 34.3 Å². The molecule has 0 spiro atoms. The van der Waals surface area contributed by atoms with Crippen molar-refractivity contribution in [2.24, 2.45) is 7.05 Å². The molecule has 11 nitrogen and oxygen atoms in total. The third kappa shape index (κ3) is 3.66. The van der Waals surface area contributed by atoms with Crippen LogP contribution in [0.25, 0.3) is 11.5 Å². The summed E-state index contributed by atoms with van der Waals surface area (Å²) in [5.74, 6) is -1.06. The number of imidazole rings is 1. The number of anilines is 3. The largest absolute Gasteiger partial charge is 0.385 e. The van der Waals surface area contributed by atoms with Gasteiger partial charge in [-0.25, -0.2) is 18.3 Å². The minimum absolute atomic E-state index is 0.112. The summed E-state index contributed by atoms with van der Waals surface area (Å²) in [7, 11) is 3.22. The number of pyridine rings is 1. The number of carbonyl (C=O) groups excluding carboxylic acids is 1. The Morgan fingerprint density at radius 1 is 1.27 bits per heavy atom. The number of fused-ring (bicyclic) bond motifs is 1. The maximum atomic E-state index is 14.2. The van der Waals surface area contributed by atoms with Crippen LogP contribution in [0.5, 0.6) is 0 Å². The standard InChI is InChI=1S/C20H19F2N9O2/c1-23-14-7-16(27-31-15(8-24-18(14)31)19(32)26-13-6-10(13)21)25-12-4-3-5-30(20(12)33)17-11(22)9-29(2)28-17/h3-5,7-10,13,23H,6H2,1-2H3,(H,25,27)(H,26,32)/t10-,13+/m0/s1. The fourth-order valence-electron chi connectivity index (χ4n) is 3.43. The molecule has 4 aromatic rings. The summed E-state index contributed by atoms with van der Waals surface area (Å²) in [5.41, 5.74) is 0.593. The van der Waals surface area contributed by atoms with Gasteiger partial charge >= 0.3 is 0 Å². The number of rotatable bonds is 6. The van der Waals surface area contributed by atoms with Crippen LogP contribution in [-0.2, 0) is 7.05 Å². The maximum Gasteiger partial charge on any atom is 0.280 e. The number of carbonyl (C=O) groups is 1. The first-order chi connectivity index (χ1) is 15.9. The molecule has 0 radical (unpaired) electrons. The molecule has 0 saturated heterocycles. The topological polar surface area (TPSA) is 123 Å². The number of aryl methyl sites for hydroxylation is 1. The van der Waals surface area contributed by atoms with Crippen LogP contribution in [0.3, 0.4) is 0 Å². The lowest BCUT2D eigenvalue weighted by Gasteiger charge is -2.11. The molecule has 4 heterocycles. The number of amides is 1. The summed E-state index contributed by atoms with van der Waals surface area (Å²) < 4.78 is 31.0. The van der Waals surface area contributed by atoms with Crippen LogP contribution in [0.1, 0.15) is 16.9 Å². The van der Waals surface area contributed by atoms with E-state index in [1.165, 1.54) is 27.7 Å². The first kappa shape index (κ1) is 20.6. The van der Waals surface area contributed by atoms with Crippen molar-refractivity contribution < 1.29 is 13.6 Å². The van der Waals surface area contributed by atoms with Crippen molar-refractivity contribution in [1.29, 1.82) is 0 Å². The molecule has 1 aliphatic carbocycles. The van der Waals surface area contributed by atoms with Crippen molar-refractivity contribution in [2.75, 3.05) is 17.7 Å². The van der Waals surface area contributed by atoms with Gasteiger partial charge in [-0.2, -0.15) is 5.10 Å². The molecule has 0 aliphatic heterocycles. The monoisotopic (exact) mass is 455 g/mol. The Balaban J connectivity index is 1.52. The maximum absolute atomic E-state index is 14.2. The number of nitrogens with zero attached hydrogens (tertiary/aromatic N) is 6. The lowest BCUT2D eigenvalue weighted by atomic mass is 10.3. The number of hydrogen-bond acceptors (Lipinski definition) is 7. The van der Waals surface area contributed by atoms with E-state index in [1.807, 2.05) is 0 Å². The smallest absolute Gasteiger partial charge is 0.280 e. The second-order valence-electron chi connectivity index (χ2n) is 7.60. The minimum atomic E-state index is -1.05. The summed E-state index contributed by atoms with van der Waals surface area (Å²) in [5, 5.41) is 16.8. The summed E-state index contributed by atoms with van der Waals surface area (Å²) in [6, 6.07) is 4.18. The molecule has 3 N–H and O–H groups in total. The Hall–Kier alpha value is -4.29. The molecular weight excluding hydrogens is 436 g/mol.